The van der Waals surface area contributed by atoms with Crippen LogP contribution in [0.4, 0.5) is 0 Å². The Kier molecular flexibility index (Phi) is 20.6. The summed E-state index contributed by atoms with van der Waals surface area (Å²) < 4.78 is 0. The van der Waals surface area contributed by atoms with Crippen LogP contribution in [0, 0.1) is 5.92 Å². The van der Waals surface area contributed by atoms with Gasteiger partial charge in [0.15, 0.2) is 0 Å². The lowest BCUT2D eigenvalue weighted by atomic mass is 10.1. The van der Waals surface area contributed by atoms with E-state index in [-0.39, 0.29) is 12.3 Å². The zero-order valence-electron chi connectivity index (χ0n) is 7.16. The van der Waals surface area contributed by atoms with Crippen LogP contribution in [0.5, 0.6) is 0 Å². The summed E-state index contributed by atoms with van der Waals surface area (Å²) in [6.07, 6.45) is 2.25. The first-order chi connectivity index (χ1) is 3.81. The number of alkyl halides is 2. The lowest BCUT2D eigenvalue weighted by Crippen LogP contribution is -1.95. The molecular weight excluding hydrogens is 171 g/mol. The molecule has 0 heterocycles. The predicted molar refractivity (Wildman–Crippen MR) is 51.8 cm³/mol. The van der Waals surface area contributed by atoms with Crippen LogP contribution in [0.25, 0.3) is 0 Å². The maximum absolute atomic E-state index is 5.54. The van der Waals surface area contributed by atoms with E-state index >= 15 is 0 Å². The molecule has 0 aromatic rings. The molecule has 0 aromatic carbocycles. The molecule has 66 valence electrons. The second-order valence-corrected chi connectivity index (χ2v) is 2.78. The van der Waals surface area contributed by atoms with Gasteiger partial charge in [-0.15, -0.1) is 23.2 Å². The van der Waals surface area contributed by atoms with Crippen LogP contribution < -0.4 is 12.3 Å². The number of quaternary nitrogens is 2. The van der Waals surface area contributed by atoms with Crippen molar-refractivity contribution < 1.29 is 0 Å². The van der Waals surface area contributed by atoms with Crippen molar-refractivity contribution in [2.45, 2.75) is 19.8 Å². The van der Waals surface area contributed by atoms with Gasteiger partial charge in [0.25, 0.3) is 0 Å². The van der Waals surface area contributed by atoms with Gasteiger partial charge in [0.05, 0.1) is 0 Å². The second-order valence-electron chi connectivity index (χ2n) is 2.09. The SMILES string of the molecule is CC(CCl)CCCCl.[NH4+].[NH4+]. The highest BCUT2D eigenvalue weighted by atomic mass is 35.5. The molecular formula is C6H20Cl2N2+2. The molecule has 0 aliphatic rings. The summed E-state index contributed by atoms with van der Waals surface area (Å²) in [7, 11) is 0. The number of hydrogen-bond acceptors (Lipinski definition) is 0. The molecule has 0 saturated heterocycles. The third-order valence-electron chi connectivity index (χ3n) is 1.09. The Bertz CT molecular complexity index is 53.0. The minimum atomic E-state index is 0. The Balaban J connectivity index is -0.000000245. The summed E-state index contributed by atoms with van der Waals surface area (Å²) in [5.74, 6) is 2.16. The number of halogens is 2. The first-order valence-corrected chi connectivity index (χ1v) is 4.00. The first kappa shape index (κ1) is 16.8. The molecule has 0 radical (unpaired) electrons. The van der Waals surface area contributed by atoms with Crippen LogP contribution >= 0.6 is 23.2 Å². The Morgan fingerprint density at radius 3 is 2.00 bits per heavy atom. The van der Waals surface area contributed by atoms with Crippen molar-refractivity contribution in [2.75, 3.05) is 11.8 Å². The van der Waals surface area contributed by atoms with Gasteiger partial charge < -0.3 is 12.3 Å². The van der Waals surface area contributed by atoms with Gasteiger partial charge in [-0.1, -0.05) is 6.92 Å². The van der Waals surface area contributed by atoms with Gasteiger partial charge in [-0.2, -0.15) is 0 Å². The monoisotopic (exact) mass is 190 g/mol. The molecule has 0 fully saturated rings. The van der Waals surface area contributed by atoms with E-state index in [2.05, 4.69) is 6.92 Å². The molecule has 1 atom stereocenters. The number of rotatable bonds is 4. The van der Waals surface area contributed by atoms with E-state index in [1.54, 1.807) is 0 Å². The summed E-state index contributed by atoms with van der Waals surface area (Å²) >= 11 is 11.0. The van der Waals surface area contributed by atoms with E-state index in [4.69, 9.17) is 23.2 Å². The highest BCUT2D eigenvalue weighted by Crippen LogP contribution is 2.07. The Hall–Kier alpha value is 0.500. The van der Waals surface area contributed by atoms with E-state index < -0.39 is 0 Å². The fourth-order valence-electron chi connectivity index (χ4n) is 0.503. The molecule has 8 N–H and O–H groups in total. The van der Waals surface area contributed by atoms with Gasteiger partial charge in [-0.25, -0.2) is 0 Å². The van der Waals surface area contributed by atoms with Gasteiger partial charge in [0.1, 0.15) is 0 Å². The standard InChI is InChI=1S/C6H12Cl2.2H3N/c1-6(5-8)3-2-4-7;;/h6H,2-5H2,1H3;2*1H3/p+2. The molecule has 0 rings (SSSR count). The van der Waals surface area contributed by atoms with Gasteiger partial charge in [-0.3, -0.25) is 0 Å². The van der Waals surface area contributed by atoms with Gasteiger partial charge >= 0.3 is 0 Å². The molecule has 0 aromatic heterocycles. The maximum Gasteiger partial charge on any atom is 0.0249 e. The van der Waals surface area contributed by atoms with Crippen LogP contribution in [0.15, 0.2) is 0 Å². The van der Waals surface area contributed by atoms with Gasteiger partial charge in [0, 0.05) is 11.8 Å². The summed E-state index contributed by atoms with van der Waals surface area (Å²) in [5, 5.41) is 0. The molecule has 0 spiro atoms. The topological polar surface area (TPSA) is 73.0 Å². The van der Waals surface area contributed by atoms with E-state index in [9.17, 15) is 0 Å². The quantitative estimate of drug-likeness (QED) is 0.636. The molecule has 0 amide bonds. The third-order valence-corrected chi connectivity index (χ3v) is 1.89. The van der Waals surface area contributed by atoms with Crippen molar-refractivity contribution in [1.29, 1.82) is 0 Å². The van der Waals surface area contributed by atoms with Crippen molar-refractivity contribution in [3.63, 3.8) is 0 Å². The molecule has 10 heavy (non-hydrogen) atoms. The predicted octanol–water partition coefficient (Wildman–Crippen LogP) is 3.63. The maximum atomic E-state index is 5.54. The van der Waals surface area contributed by atoms with Crippen molar-refractivity contribution >= 4 is 23.2 Å². The van der Waals surface area contributed by atoms with Crippen molar-refractivity contribution in [1.82, 2.24) is 12.3 Å². The molecule has 0 aliphatic carbocycles. The minimum absolute atomic E-state index is 0. The molecule has 0 saturated carbocycles. The van der Waals surface area contributed by atoms with Crippen molar-refractivity contribution in [2.24, 2.45) is 5.92 Å². The summed E-state index contributed by atoms with van der Waals surface area (Å²) in [6.45, 7) is 2.14. The lowest BCUT2D eigenvalue weighted by molar-refractivity contribution is 0.584. The van der Waals surface area contributed by atoms with E-state index in [0.29, 0.717) is 5.92 Å². The average Bonchev–Trinajstić information content (AvgIpc) is 1.83. The number of hydrogen-bond donors (Lipinski definition) is 2. The zero-order chi connectivity index (χ0) is 6.41. The normalized spacial score (nSPS) is 11.1. The molecule has 0 bridgehead atoms. The largest absolute Gasteiger partial charge is 0.369 e. The van der Waals surface area contributed by atoms with Gasteiger partial charge in [0.2, 0.25) is 0 Å². The summed E-state index contributed by atoms with van der Waals surface area (Å²) in [4.78, 5) is 0. The Labute approximate surface area is 73.4 Å². The van der Waals surface area contributed by atoms with E-state index in [1.807, 2.05) is 0 Å². The van der Waals surface area contributed by atoms with Crippen molar-refractivity contribution in [3.8, 4) is 0 Å². The second kappa shape index (κ2) is 12.2. The lowest BCUT2D eigenvalue weighted by Gasteiger charge is -2.02. The minimum Gasteiger partial charge on any atom is -0.369 e. The summed E-state index contributed by atoms with van der Waals surface area (Å²) in [5.41, 5.74) is 0. The average molecular weight is 191 g/mol. The van der Waals surface area contributed by atoms with Crippen LogP contribution in [-0.2, 0) is 0 Å². The smallest absolute Gasteiger partial charge is 0.0249 e. The Morgan fingerprint density at radius 2 is 1.70 bits per heavy atom. The zero-order valence-corrected chi connectivity index (χ0v) is 8.67. The molecule has 1 unspecified atom stereocenters. The van der Waals surface area contributed by atoms with Gasteiger partial charge in [-0.05, 0) is 18.8 Å². The van der Waals surface area contributed by atoms with Crippen molar-refractivity contribution in [3.05, 3.63) is 0 Å². The summed E-state index contributed by atoms with van der Waals surface area (Å²) in [6, 6.07) is 0. The molecule has 0 aliphatic heterocycles. The fraction of sp³-hybridized carbons (Fsp3) is 1.00. The Morgan fingerprint density at radius 1 is 1.20 bits per heavy atom. The highest BCUT2D eigenvalue weighted by molar-refractivity contribution is 6.18. The highest BCUT2D eigenvalue weighted by Gasteiger charge is 1.96. The fourth-order valence-corrected chi connectivity index (χ4v) is 0.811. The van der Waals surface area contributed by atoms with Crippen LogP contribution in [0.2, 0.25) is 0 Å². The molecule has 4 heteroatoms. The third kappa shape index (κ3) is 11.3. The van der Waals surface area contributed by atoms with Crippen LogP contribution in [-0.4, -0.2) is 11.8 Å². The van der Waals surface area contributed by atoms with E-state index in [1.165, 1.54) is 0 Å². The first-order valence-electron chi connectivity index (χ1n) is 2.93. The van der Waals surface area contributed by atoms with Crippen LogP contribution in [0.1, 0.15) is 19.8 Å². The van der Waals surface area contributed by atoms with E-state index in [0.717, 1.165) is 24.6 Å². The van der Waals surface area contributed by atoms with Crippen LogP contribution in [0.3, 0.4) is 0 Å². The molecule has 2 nitrogen and oxygen atoms in total.